The van der Waals surface area contributed by atoms with Crippen molar-refractivity contribution in [2.45, 2.75) is 33.1 Å². The molecule has 0 heterocycles. The Labute approximate surface area is 99.0 Å². The quantitative estimate of drug-likeness (QED) is 0.679. The van der Waals surface area contributed by atoms with E-state index in [1.165, 1.54) is 17.7 Å². The molecular formula is C14H23NO. The molecule has 0 aliphatic rings. The van der Waals surface area contributed by atoms with Crippen molar-refractivity contribution in [3.8, 4) is 0 Å². The van der Waals surface area contributed by atoms with Gasteiger partial charge in [-0.05, 0) is 24.5 Å². The van der Waals surface area contributed by atoms with Gasteiger partial charge in [-0.2, -0.15) is 0 Å². The van der Waals surface area contributed by atoms with E-state index in [0.29, 0.717) is 0 Å². The lowest BCUT2D eigenvalue weighted by molar-refractivity contribution is 0.141. The highest BCUT2D eigenvalue weighted by atomic mass is 16.5. The predicted octanol–water partition coefficient (Wildman–Crippen LogP) is 3.48. The van der Waals surface area contributed by atoms with Crippen LogP contribution in [0.2, 0.25) is 0 Å². The third kappa shape index (κ3) is 4.67. The fourth-order valence-corrected chi connectivity index (χ4v) is 1.61. The van der Waals surface area contributed by atoms with Gasteiger partial charge in [-0.25, -0.2) is 0 Å². The molecule has 1 rings (SSSR count). The molecule has 90 valence electrons. The maximum Gasteiger partial charge on any atom is 0.0639 e. The van der Waals surface area contributed by atoms with E-state index < -0.39 is 0 Å². The highest BCUT2D eigenvalue weighted by Crippen LogP contribution is 2.14. The highest BCUT2D eigenvalue weighted by Gasteiger charge is 1.97. The summed E-state index contributed by atoms with van der Waals surface area (Å²) in [7, 11) is 0. The van der Waals surface area contributed by atoms with Gasteiger partial charge in [0.25, 0.3) is 0 Å². The molecule has 0 amide bonds. The van der Waals surface area contributed by atoms with Crippen molar-refractivity contribution in [1.29, 1.82) is 0 Å². The van der Waals surface area contributed by atoms with Crippen LogP contribution in [-0.2, 0) is 11.2 Å². The Morgan fingerprint density at radius 2 is 1.94 bits per heavy atom. The van der Waals surface area contributed by atoms with Crippen molar-refractivity contribution >= 4 is 5.69 Å². The van der Waals surface area contributed by atoms with Gasteiger partial charge in [-0.15, -0.1) is 0 Å². The van der Waals surface area contributed by atoms with Crippen LogP contribution in [-0.4, -0.2) is 19.8 Å². The first-order chi connectivity index (χ1) is 7.88. The molecule has 16 heavy (non-hydrogen) atoms. The summed E-state index contributed by atoms with van der Waals surface area (Å²) in [5.41, 5.74) is 2.61. The summed E-state index contributed by atoms with van der Waals surface area (Å²) in [6.45, 7) is 6.92. The lowest BCUT2D eigenvalue weighted by atomic mass is 10.1. The van der Waals surface area contributed by atoms with Crippen LogP contribution in [0.4, 0.5) is 5.69 Å². The van der Waals surface area contributed by atoms with Gasteiger partial charge in [0, 0.05) is 18.8 Å². The van der Waals surface area contributed by atoms with Gasteiger partial charge in [-0.3, -0.25) is 0 Å². The van der Waals surface area contributed by atoms with E-state index >= 15 is 0 Å². The molecule has 0 bridgehead atoms. The Morgan fingerprint density at radius 1 is 1.12 bits per heavy atom. The van der Waals surface area contributed by atoms with Crippen LogP contribution in [0.25, 0.3) is 0 Å². The summed E-state index contributed by atoms with van der Waals surface area (Å²) >= 11 is 0. The van der Waals surface area contributed by atoms with Gasteiger partial charge >= 0.3 is 0 Å². The number of hydrogen-bond donors (Lipinski definition) is 1. The van der Waals surface area contributed by atoms with E-state index in [-0.39, 0.29) is 0 Å². The third-order valence-corrected chi connectivity index (χ3v) is 2.60. The largest absolute Gasteiger partial charge is 0.383 e. The molecule has 0 fully saturated rings. The van der Waals surface area contributed by atoms with Crippen molar-refractivity contribution in [2.75, 3.05) is 25.1 Å². The van der Waals surface area contributed by atoms with Gasteiger partial charge < -0.3 is 10.1 Å². The maximum absolute atomic E-state index is 5.51. The third-order valence-electron chi connectivity index (χ3n) is 2.60. The minimum absolute atomic E-state index is 0.790. The van der Waals surface area contributed by atoms with E-state index in [1.54, 1.807) is 0 Å². The Bertz CT molecular complexity index is 286. The molecule has 1 N–H and O–H groups in total. The summed E-state index contributed by atoms with van der Waals surface area (Å²) in [5.74, 6) is 0. The smallest absolute Gasteiger partial charge is 0.0639 e. The first kappa shape index (κ1) is 13.0. The minimum atomic E-state index is 0.790. The van der Waals surface area contributed by atoms with Gasteiger partial charge in [0.15, 0.2) is 0 Å². The number of nitrogens with one attached hydrogen (secondary N) is 1. The van der Waals surface area contributed by atoms with E-state index in [4.69, 9.17) is 4.74 Å². The molecule has 0 unspecified atom stereocenters. The van der Waals surface area contributed by atoms with Gasteiger partial charge in [-0.1, -0.05) is 38.5 Å². The second-order valence-corrected chi connectivity index (χ2v) is 3.90. The molecule has 0 aliphatic carbocycles. The molecule has 0 aliphatic heterocycles. The Hall–Kier alpha value is -1.02. The Balaban J connectivity index is 2.21. The molecule has 0 radical (unpaired) electrons. The van der Waals surface area contributed by atoms with Crippen LogP contribution < -0.4 is 5.32 Å². The van der Waals surface area contributed by atoms with Crippen LogP contribution in [0.3, 0.4) is 0 Å². The number of hydrogen-bond acceptors (Lipinski definition) is 2. The van der Waals surface area contributed by atoms with Crippen LogP contribution in [0.15, 0.2) is 24.3 Å². The van der Waals surface area contributed by atoms with Crippen LogP contribution in [0.5, 0.6) is 0 Å². The summed E-state index contributed by atoms with van der Waals surface area (Å²) in [6, 6.07) is 8.45. The van der Waals surface area contributed by atoms with Gasteiger partial charge in [0.1, 0.15) is 0 Å². The highest BCUT2D eigenvalue weighted by molar-refractivity contribution is 5.50. The molecule has 0 saturated heterocycles. The van der Waals surface area contributed by atoms with Crippen LogP contribution >= 0.6 is 0 Å². The molecular weight excluding hydrogens is 198 g/mol. The Kier molecular flexibility index (Phi) is 6.66. The van der Waals surface area contributed by atoms with Crippen molar-refractivity contribution in [3.05, 3.63) is 29.8 Å². The molecule has 0 saturated carbocycles. The fourth-order valence-electron chi connectivity index (χ4n) is 1.61. The molecule has 1 aromatic carbocycles. The molecule has 0 aromatic heterocycles. The first-order valence-corrected chi connectivity index (χ1v) is 6.28. The lowest BCUT2D eigenvalue weighted by Gasteiger charge is -2.10. The summed E-state index contributed by atoms with van der Waals surface area (Å²) < 4.78 is 5.51. The van der Waals surface area contributed by atoms with E-state index in [0.717, 1.165) is 32.6 Å². The molecule has 2 nitrogen and oxygen atoms in total. The standard InChI is InChI=1S/C14H23NO/c1-3-5-11-16-12-10-15-14-9-7-6-8-13(14)4-2/h6-9,15H,3-5,10-12H2,1-2H3. The summed E-state index contributed by atoms with van der Waals surface area (Å²) in [4.78, 5) is 0. The number of anilines is 1. The monoisotopic (exact) mass is 221 g/mol. The van der Waals surface area contributed by atoms with Crippen LogP contribution in [0.1, 0.15) is 32.3 Å². The van der Waals surface area contributed by atoms with E-state index in [9.17, 15) is 0 Å². The second kappa shape index (κ2) is 8.17. The van der Waals surface area contributed by atoms with Crippen molar-refractivity contribution < 1.29 is 4.74 Å². The van der Waals surface area contributed by atoms with Crippen molar-refractivity contribution in [2.24, 2.45) is 0 Å². The number of benzene rings is 1. The zero-order valence-electron chi connectivity index (χ0n) is 10.5. The molecule has 0 atom stereocenters. The molecule has 2 heteroatoms. The number of rotatable bonds is 8. The average molecular weight is 221 g/mol. The second-order valence-electron chi connectivity index (χ2n) is 3.90. The zero-order valence-corrected chi connectivity index (χ0v) is 10.5. The lowest BCUT2D eigenvalue weighted by Crippen LogP contribution is -2.11. The fraction of sp³-hybridized carbons (Fsp3) is 0.571. The van der Waals surface area contributed by atoms with Crippen molar-refractivity contribution in [3.63, 3.8) is 0 Å². The average Bonchev–Trinajstić information content (AvgIpc) is 2.34. The first-order valence-electron chi connectivity index (χ1n) is 6.28. The van der Waals surface area contributed by atoms with Crippen LogP contribution in [0, 0.1) is 0 Å². The Morgan fingerprint density at radius 3 is 2.69 bits per heavy atom. The molecule has 1 aromatic rings. The molecule has 0 spiro atoms. The number of unbranched alkanes of at least 4 members (excludes halogenated alkanes) is 1. The number of aryl methyl sites for hydroxylation is 1. The topological polar surface area (TPSA) is 21.3 Å². The summed E-state index contributed by atoms with van der Waals surface area (Å²) in [5, 5.41) is 3.42. The zero-order chi connectivity index (χ0) is 11.6. The minimum Gasteiger partial charge on any atom is -0.383 e. The predicted molar refractivity (Wildman–Crippen MR) is 70.0 cm³/mol. The van der Waals surface area contributed by atoms with Crippen molar-refractivity contribution in [1.82, 2.24) is 0 Å². The van der Waals surface area contributed by atoms with E-state index in [1.807, 2.05) is 0 Å². The van der Waals surface area contributed by atoms with E-state index in [2.05, 4.69) is 43.4 Å². The van der Waals surface area contributed by atoms with Gasteiger partial charge in [0.2, 0.25) is 0 Å². The maximum atomic E-state index is 5.51. The normalized spacial score (nSPS) is 10.4. The number of para-hydroxylation sites is 1. The SMILES string of the molecule is CCCCOCCNc1ccccc1CC. The number of ether oxygens (including phenoxy) is 1. The van der Waals surface area contributed by atoms with Gasteiger partial charge in [0.05, 0.1) is 6.61 Å². The summed E-state index contributed by atoms with van der Waals surface area (Å²) in [6.07, 6.45) is 3.43.